The van der Waals surface area contributed by atoms with Gasteiger partial charge < -0.3 is 5.11 Å². The van der Waals surface area contributed by atoms with Crippen LogP contribution in [0.4, 0.5) is 0 Å². The van der Waals surface area contributed by atoms with E-state index in [-0.39, 0.29) is 5.88 Å². The smallest absolute Gasteiger partial charge is 0.232 e. The van der Waals surface area contributed by atoms with Gasteiger partial charge in [0.25, 0.3) is 0 Å². The minimum Gasteiger partial charge on any atom is -0.492 e. The molecule has 31 valence electrons. The minimum absolute atomic E-state index is 0.0185. The molecule has 6 heavy (non-hydrogen) atoms. The first-order valence-electron chi connectivity index (χ1n) is 1.53. The first kappa shape index (κ1) is 3.21. The van der Waals surface area contributed by atoms with E-state index in [1.165, 1.54) is 12.3 Å². The lowest BCUT2D eigenvalue weighted by Crippen LogP contribution is -1.86. The molecule has 1 heterocycles. The second-order valence-corrected chi connectivity index (χ2v) is 0.889. The number of allylic oxidation sites excluding steroid dienone is 1. The number of hydrogen-bond acceptors (Lipinski definition) is 2. The van der Waals surface area contributed by atoms with E-state index in [4.69, 9.17) is 5.11 Å². The third-order valence-corrected chi connectivity index (χ3v) is 0.450. The van der Waals surface area contributed by atoms with Gasteiger partial charge in [0.05, 0.1) is 6.21 Å². The van der Waals surface area contributed by atoms with Crippen LogP contribution < -0.4 is 5.43 Å². The van der Waals surface area contributed by atoms with Crippen molar-refractivity contribution in [2.24, 2.45) is 5.10 Å². The summed E-state index contributed by atoms with van der Waals surface area (Å²) in [7, 11) is 0. The second kappa shape index (κ2) is 1.01. The predicted molar refractivity (Wildman–Crippen MR) is 21.3 cm³/mol. The Morgan fingerprint density at radius 1 is 1.67 bits per heavy atom. The topological polar surface area (TPSA) is 46.7 Å². The molecule has 0 saturated carbocycles. The maximum absolute atomic E-state index is 8.30. The molecule has 0 fully saturated rings. The van der Waals surface area contributed by atoms with E-state index < -0.39 is 0 Å². The zero-order valence-corrected chi connectivity index (χ0v) is 3.00. The van der Waals surface area contributed by atoms with Gasteiger partial charge in [0.15, 0.2) is 0 Å². The van der Waals surface area contributed by atoms with Gasteiger partial charge in [-0.1, -0.05) is 0 Å². The van der Waals surface area contributed by atoms with Gasteiger partial charge in [-0.05, 0) is 0 Å². The minimum atomic E-state index is -0.0185. The van der Waals surface area contributed by atoms with Crippen molar-refractivity contribution in [3.63, 3.8) is 0 Å². The van der Waals surface area contributed by atoms with Gasteiger partial charge in [-0.25, -0.2) is 0 Å². The molecule has 1 radical (unpaired) electrons. The molecule has 0 spiro atoms. The van der Waals surface area contributed by atoms with E-state index in [0.29, 0.717) is 0 Å². The van der Waals surface area contributed by atoms with Gasteiger partial charge in [0.2, 0.25) is 5.88 Å². The standard InChI is InChI=1S/C3H3N2O/c6-3-1-2-4-5-3/h1-2,6H. The molecule has 0 aliphatic carbocycles. The number of aliphatic hydroxyl groups is 1. The lowest BCUT2D eigenvalue weighted by Gasteiger charge is -1.78. The molecule has 1 aliphatic rings. The first-order chi connectivity index (χ1) is 2.89. The fraction of sp³-hybridized carbons (Fsp3) is 0. The van der Waals surface area contributed by atoms with E-state index in [1.54, 1.807) is 0 Å². The summed E-state index contributed by atoms with van der Waals surface area (Å²) in [4.78, 5) is 0. The van der Waals surface area contributed by atoms with Crippen LogP contribution in [0.5, 0.6) is 0 Å². The summed E-state index contributed by atoms with van der Waals surface area (Å²) in [5.74, 6) is -0.0185. The van der Waals surface area contributed by atoms with Crippen molar-refractivity contribution in [1.82, 2.24) is 5.43 Å². The molecule has 0 aromatic heterocycles. The zero-order valence-electron chi connectivity index (χ0n) is 3.00. The van der Waals surface area contributed by atoms with Gasteiger partial charge >= 0.3 is 0 Å². The quantitative estimate of drug-likeness (QED) is 0.440. The normalized spacial score (nSPS) is 17.0. The van der Waals surface area contributed by atoms with Gasteiger partial charge in [0.1, 0.15) is 0 Å². The van der Waals surface area contributed by atoms with Crippen LogP contribution in [0.15, 0.2) is 17.1 Å². The maximum Gasteiger partial charge on any atom is 0.232 e. The Hall–Kier alpha value is -0.990. The molecule has 1 N–H and O–H groups in total. The van der Waals surface area contributed by atoms with Crippen LogP contribution in [0.2, 0.25) is 0 Å². The van der Waals surface area contributed by atoms with E-state index in [1.807, 2.05) is 0 Å². The Morgan fingerprint density at radius 3 is 2.67 bits per heavy atom. The third-order valence-electron chi connectivity index (χ3n) is 0.450. The summed E-state index contributed by atoms with van der Waals surface area (Å²) in [5.41, 5.74) is 3.22. The molecule has 1 rings (SSSR count). The monoisotopic (exact) mass is 83.0 g/mol. The summed E-state index contributed by atoms with van der Waals surface area (Å²) in [5, 5.41) is 11.6. The lowest BCUT2D eigenvalue weighted by molar-refractivity contribution is 0.370. The van der Waals surface area contributed by atoms with Crippen molar-refractivity contribution in [2.45, 2.75) is 0 Å². The van der Waals surface area contributed by atoms with Crippen molar-refractivity contribution in [2.75, 3.05) is 0 Å². The molecule has 0 amide bonds. The van der Waals surface area contributed by atoms with Gasteiger partial charge in [-0.15, -0.1) is 5.43 Å². The van der Waals surface area contributed by atoms with Gasteiger partial charge in [-0.2, -0.15) is 5.10 Å². The number of rotatable bonds is 0. The van der Waals surface area contributed by atoms with Crippen molar-refractivity contribution in [3.05, 3.63) is 12.0 Å². The average Bonchev–Trinajstić information content (AvgIpc) is 1.86. The molecule has 0 aromatic rings. The molecule has 0 aromatic carbocycles. The first-order valence-corrected chi connectivity index (χ1v) is 1.53. The predicted octanol–water partition coefficient (Wildman–Crippen LogP) is -0.0104. The molecule has 0 bridgehead atoms. The van der Waals surface area contributed by atoms with E-state index >= 15 is 0 Å². The fourth-order valence-electron chi connectivity index (χ4n) is 0.226. The van der Waals surface area contributed by atoms with E-state index in [2.05, 4.69) is 10.5 Å². The Bertz CT molecular complexity index is 105. The van der Waals surface area contributed by atoms with Crippen molar-refractivity contribution >= 4 is 6.21 Å². The lowest BCUT2D eigenvalue weighted by atomic mass is 10.7. The van der Waals surface area contributed by atoms with Crippen molar-refractivity contribution in [1.29, 1.82) is 0 Å². The van der Waals surface area contributed by atoms with Crippen LogP contribution in [0.25, 0.3) is 0 Å². The van der Waals surface area contributed by atoms with Gasteiger partial charge in [0, 0.05) is 6.08 Å². The van der Waals surface area contributed by atoms with Crippen molar-refractivity contribution < 1.29 is 5.11 Å². The number of nitrogens with zero attached hydrogens (tertiary/aromatic N) is 2. The Labute approximate surface area is 35.0 Å². The Kier molecular flexibility index (Phi) is 0.538. The summed E-state index contributed by atoms with van der Waals surface area (Å²) in [6.07, 6.45) is 2.84. The molecule has 1 aliphatic heterocycles. The summed E-state index contributed by atoms with van der Waals surface area (Å²) in [6, 6.07) is 0. The highest BCUT2D eigenvalue weighted by Crippen LogP contribution is 1.86. The van der Waals surface area contributed by atoms with E-state index in [0.717, 1.165) is 0 Å². The second-order valence-electron chi connectivity index (χ2n) is 0.889. The zero-order chi connectivity index (χ0) is 4.41. The molecular formula is C3H3N2O. The Balaban J connectivity index is 2.61. The highest BCUT2D eigenvalue weighted by Gasteiger charge is 1.91. The summed E-state index contributed by atoms with van der Waals surface area (Å²) in [6.45, 7) is 0. The largest absolute Gasteiger partial charge is 0.492 e. The molecular weight excluding hydrogens is 80.0 g/mol. The molecule has 3 nitrogen and oxygen atoms in total. The van der Waals surface area contributed by atoms with Crippen LogP contribution in [0.1, 0.15) is 0 Å². The van der Waals surface area contributed by atoms with Crippen LogP contribution >= 0.6 is 0 Å². The molecule has 0 atom stereocenters. The summed E-state index contributed by atoms with van der Waals surface area (Å²) < 4.78 is 0. The number of hydrogen-bond donors (Lipinski definition) is 1. The van der Waals surface area contributed by atoms with Crippen LogP contribution in [0, 0.1) is 0 Å². The summed E-state index contributed by atoms with van der Waals surface area (Å²) >= 11 is 0. The van der Waals surface area contributed by atoms with Crippen LogP contribution in [-0.4, -0.2) is 11.3 Å². The SMILES string of the molecule is OC1=CC=N[N]1. The fourth-order valence-corrected chi connectivity index (χ4v) is 0.226. The Morgan fingerprint density at radius 2 is 2.50 bits per heavy atom. The maximum atomic E-state index is 8.30. The van der Waals surface area contributed by atoms with Gasteiger partial charge in [-0.3, -0.25) is 0 Å². The number of aliphatic hydroxyl groups excluding tert-OH is 1. The van der Waals surface area contributed by atoms with Crippen LogP contribution in [0.3, 0.4) is 0 Å². The van der Waals surface area contributed by atoms with E-state index in [9.17, 15) is 0 Å². The highest BCUT2D eigenvalue weighted by atomic mass is 16.3. The molecule has 3 heteroatoms. The third kappa shape index (κ3) is 0.337. The molecule has 0 saturated heterocycles. The van der Waals surface area contributed by atoms with Crippen molar-refractivity contribution in [3.8, 4) is 0 Å². The highest BCUT2D eigenvalue weighted by molar-refractivity contribution is 5.73. The van der Waals surface area contributed by atoms with Crippen LogP contribution in [-0.2, 0) is 0 Å². The molecule has 0 unspecified atom stereocenters. The average molecular weight is 83.1 g/mol.